The van der Waals surface area contributed by atoms with Crippen molar-refractivity contribution in [1.82, 2.24) is 9.38 Å². The van der Waals surface area contributed by atoms with Gasteiger partial charge < -0.3 is 14.5 Å². The van der Waals surface area contributed by atoms with E-state index in [-0.39, 0.29) is 11.8 Å². The van der Waals surface area contributed by atoms with Crippen LogP contribution in [0, 0.1) is 6.92 Å². The molecule has 0 aliphatic heterocycles. The van der Waals surface area contributed by atoms with Crippen LogP contribution in [0.25, 0.3) is 5.65 Å². The molecule has 0 spiro atoms. The number of pyridine rings is 1. The Balaban J connectivity index is 2.68. The standard InChI is InChI=1S/C10H10N2O3/c1-6-8(5-10(14)15)12-3-2-7(13)4-9(12)11-6/h2-4,11H,5H2,1H3,(H,14,15). The normalized spacial score (nSPS) is 10.7. The molecular weight excluding hydrogens is 196 g/mol. The van der Waals surface area contributed by atoms with Crippen LogP contribution >= 0.6 is 0 Å². The van der Waals surface area contributed by atoms with Crippen LogP contribution in [0.3, 0.4) is 0 Å². The van der Waals surface area contributed by atoms with Gasteiger partial charge in [-0.1, -0.05) is 0 Å². The number of H-pyrrole nitrogens is 1. The van der Waals surface area contributed by atoms with Gasteiger partial charge in [-0.2, -0.15) is 0 Å². The molecule has 5 heteroatoms. The Labute approximate surface area is 85.0 Å². The number of aryl methyl sites for hydroxylation is 1. The first-order chi connectivity index (χ1) is 7.08. The third-order valence-electron chi connectivity index (χ3n) is 2.28. The number of hydrogen-bond donors (Lipinski definition) is 2. The number of aromatic amines is 1. The first-order valence-corrected chi connectivity index (χ1v) is 4.49. The van der Waals surface area contributed by atoms with Gasteiger partial charge >= 0.3 is 5.97 Å². The van der Waals surface area contributed by atoms with Gasteiger partial charge in [0.2, 0.25) is 0 Å². The summed E-state index contributed by atoms with van der Waals surface area (Å²) >= 11 is 0. The molecule has 0 radical (unpaired) electrons. The van der Waals surface area contributed by atoms with E-state index in [0.717, 1.165) is 5.69 Å². The number of nitrogens with zero attached hydrogens (tertiary/aromatic N) is 1. The van der Waals surface area contributed by atoms with Crippen molar-refractivity contribution < 1.29 is 9.90 Å². The SMILES string of the molecule is Cc1[nH]c2cc(=O)ccn2c1CC(=O)O. The maximum Gasteiger partial charge on any atom is 0.309 e. The lowest BCUT2D eigenvalue weighted by Crippen LogP contribution is -2.06. The monoisotopic (exact) mass is 206 g/mol. The number of imidazole rings is 1. The second-order valence-electron chi connectivity index (χ2n) is 3.38. The summed E-state index contributed by atoms with van der Waals surface area (Å²) in [7, 11) is 0. The Kier molecular flexibility index (Phi) is 2.07. The molecule has 0 saturated carbocycles. The number of carbonyl (C=O) groups is 1. The number of fused-ring (bicyclic) bond motifs is 1. The first-order valence-electron chi connectivity index (χ1n) is 4.49. The van der Waals surface area contributed by atoms with Crippen LogP contribution in [0.15, 0.2) is 23.1 Å². The van der Waals surface area contributed by atoms with E-state index >= 15 is 0 Å². The summed E-state index contributed by atoms with van der Waals surface area (Å²) in [6.45, 7) is 1.79. The molecule has 0 fully saturated rings. The van der Waals surface area contributed by atoms with Gasteiger partial charge in [0, 0.05) is 24.0 Å². The minimum atomic E-state index is -0.891. The van der Waals surface area contributed by atoms with Crippen LogP contribution in [0.4, 0.5) is 0 Å². The van der Waals surface area contributed by atoms with E-state index in [4.69, 9.17) is 5.11 Å². The number of carboxylic acid groups (broad SMARTS) is 1. The fourth-order valence-electron chi connectivity index (χ4n) is 1.62. The average Bonchev–Trinajstić information content (AvgIpc) is 2.41. The average molecular weight is 206 g/mol. The van der Waals surface area contributed by atoms with Crippen molar-refractivity contribution in [2.45, 2.75) is 13.3 Å². The van der Waals surface area contributed by atoms with Crippen LogP contribution in [-0.2, 0) is 11.2 Å². The molecule has 2 rings (SSSR count). The number of aromatic nitrogens is 2. The Morgan fingerprint density at radius 2 is 2.33 bits per heavy atom. The van der Waals surface area contributed by atoms with Crippen LogP contribution < -0.4 is 5.43 Å². The second kappa shape index (κ2) is 3.27. The van der Waals surface area contributed by atoms with Crippen molar-refractivity contribution in [2.24, 2.45) is 0 Å². The van der Waals surface area contributed by atoms with Crippen molar-refractivity contribution in [2.75, 3.05) is 0 Å². The van der Waals surface area contributed by atoms with Gasteiger partial charge in [-0.05, 0) is 6.92 Å². The minimum Gasteiger partial charge on any atom is -0.481 e. The van der Waals surface area contributed by atoms with Crippen molar-refractivity contribution in [1.29, 1.82) is 0 Å². The van der Waals surface area contributed by atoms with E-state index in [1.807, 2.05) is 0 Å². The molecule has 0 aliphatic rings. The Bertz CT molecular complexity index is 580. The number of nitrogens with one attached hydrogen (secondary N) is 1. The molecule has 0 amide bonds. The molecule has 78 valence electrons. The largest absolute Gasteiger partial charge is 0.481 e. The van der Waals surface area contributed by atoms with Crippen LogP contribution in [0.5, 0.6) is 0 Å². The zero-order chi connectivity index (χ0) is 11.0. The van der Waals surface area contributed by atoms with Crippen molar-refractivity contribution in [3.8, 4) is 0 Å². The fraction of sp³-hybridized carbons (Fsp3) is 0.200. The molecule has 0 unspecified atom stereocenters. The molecule has 2 heterocycles. The highest BCUT2D eigenvalue weighted by atomic mass is 16.4. The molecule has 2 aromatic heterocycles. The quantitative estimate of drug-likeness (QED) is 0.754. The Morgan fingerprint density at radius 1 is 1.60 bits per heavy atom. The smallest absolute Gasteiger partial charge is 0.309 e. The van der Waals surface area contributed by atoms with E-state index in [2.05, 4.69) is 4.98 Å². The zero-order valence-electron chi connectivity index (χ0n) is 8.15. The Morgan fingerprint density at radius 3 is 3.00 bits per heavy atom. The lowest BCUT2D eigenvalue weighted by molar-refractivity contribution is -0.136. The van der Waals surface area contributed by atoms with Crippen molar-refractivity contribution in [3.05, 3.63) is 39.9 Å². The summed E-state index contributed by atoms with van der Waals surface area (Å²) < 4.78 is 1.69. The van der Waals surface area contributed by atoms with E-state index in [1.165, 1.54) is 12.1 Å². The lowest BCUT2D eigenvalue weighted by atomic mass is 10.2. The predicted octanol–water partition coefficient (Wildman–Crippen LogP) is 0.563. The topological polar surface area (TPSA) is 74.6 Å². The molecule has 15 heavy (non-hydrogen) atoms. The molecular formula is C10H10N2O3. The lowest BCUT2D eigenvalue weighted by Gasteiger charge is -1.98. The summed E-state index contributed by atoms with van der Waals surface area (Å²) in [6, 6.07) is 2.85. The highest BCUT2D eigenvalue weighted by Crippen LogP contribution is 2.10. The first kappa shape index (κ1) is 9.51. The Hall–Kier alpha value is -2.04. The molecule has 2 N–H and O–H groups in total. The molecule has 2 aromatic rings. The van der Waals surface area contributed by atoms with Crippen molar-refractivity contribution in [3.63, 3.8) is 0 Å². The van der Waals surface area contributed by atoms with Crippen molar-refractivity contribution >= 4 is 11.6 Å². The van der Waals surface area contributed by atoms with Crippen LogP contribution in [0.2, 0.25) is 0 Å². The van der Waals surface area contributed by atoms with Gasteiger partial charge in [-0.3, -0.25) is 9.59 Å². The third kappa shape index (κ3) is 1.63. The highest BCUT2D eigenvalue weighted by Gasteiger charge is 2.10. The van der Waals surface area contributed by atoms with Gasteiger partial charge in [0.1, 0.15) is 5.65 Å². The summed E-state index contributed by atoms with van der Waals surface area (Å²) in [6.07, 6.45) is 1.52. The van der Waals surface area contributed by atoms with E-state index in [0.29, 0.717) is 11.3 Å². The summed E-state index contributed by atoms with van der Waals surface area (Å²) in [4.78, 5) is 24.7. The molecule has 0 saturated heterocycles. The number of rotatable bonds is 2. The molecule has 0 atom stereocenters. The predicted molar refractivity (Wildman–Crippen MR) is 54.1 cm³/mol. The van der Waals surface area contributed by atoms with Gasteiger partial charge in [0.05, 0.1) is 12.1 Å². The van der Waals surface area contributed by atoms with E-state index < -0.39 is 5.97 Å². The van der Waals surface area contributed by atoms with Crippen LogP contribution in [-0.4, -0.2) is 20.5 Å². The second-order valence-corrected chi connectivity index (χ2v) is 3.38. The number of carboxylic acids is 1. The highest BCUT2D eigenvalue weighted by molar-refractivity contribution is 5.70. The van der Waals surface area contributed by atoms with E-state index in [1.54, 1.807) is 17.5 Å². The molecule has 0 bridgehead atoms. The maximum atomic E-state index is 11.1. The zero-order valence-corrected chi connectivity index (χ0v) is 8.15. The van der Waals surface area contributed by atoms with Gasteiger partial charge in [0.25, 0.3) is 0 Å². The minimum absolute atomic E-state index is 0.0608. The van der Waals surface area contributed by atoms with Gasteiger partial charge in [-0.25, -0.2) is 0 Å². The molecule has 0 aromatic carbocycles. The summed E-state index contributed by atoms with van der Waals surface area (Å²) in [5.74, 6) is -0.891. The molecule has 0 aliphatic carbocycles. The maximum absolute atomic E-state index is 11.1. The number of hydrogen-bond acceptors (Lipinski definition) is 2. The fourth-order valence-corrected chi connectivity index (χ4v) is 1.62. The summed E-state index contributed by atoms with van der Waals surface area (Å²) in [5, 5.41) is 8.73. The van der Waals surface area contributed by atoms with E-state index in [9.17, 15) is 9.59 Å². The van der Waals surface area contributed by atoms with Crippen LogP contribution in [0.1, 0.15) is 11.4 Å². The third-order valence-corrected chi connectivity index (χ3v) is 2.28. The summed E-state index contributed by atoms with van der Waals surface area (Å²) in [5.41, 5.74) is 1.95. The molecule has 5 nitrogen and oxygen atoms in total. The van der Waals surface area contributed by atoms with Gasteiger partial charge in [0.15, 0.2) is 5.43 Å². The van der Waals surface area contributed by atoms with Gasteiger partial charge in [-0.15, -0.1) is 0 Å². The number of aliphatic carboxylic acids is 1.